The van der Waals surface area contributed by atoms with E-state index >= 15 is 0 Å². The number of ether oxygens (including phenoxy) is 4. The van der Waals surface area contributed by atoms with Gasteiger partial charge in [-0.3, -0.25) is 9.59 Å². The molecular weight excluding hydrogens is 871 g/mol. The molecule has 0 fully saturated rings. The molecule has 8 rings (SSSR count). The number of carbonyl (C=O) groups is 2. The third kappa shape index (κ3) is 11.3. The van der Waals surface area contributed by atoms with Crippen LogP contribution in [-0.2, 0) is 33.6 Å². The van der Waals surface area contributed by atoms with Gasteiger partial charge < -0.3 is 39.7 Å². The number of hydrogen-bond acceptors (Lipinski definition) is 12. The van der Waals surface area contributed by atoms with E-state index in [9.17, 15) is 22.6 Å². The van der Waals surface area contributed by atoms with Gasteiger partial charge in [-0.1, -0.05) is 53.6 Å². The number of nitrogens with zero attached hydrogens (tertiary/aromatic N) is 2. The Morgan fingerprint density at radius 3 is 1.89 bits per heavy atom. The zero-order valence-electron chi connectivity index (χ0n) is 36.0. The zero-order valence-corrected chi connectivity index (χ0v) is 41.6. The summed E-state index contributed by atoms with van der Waals surface area (Å²) < 4.78 is 86.7. The summed E-state index contributed by atoms with van der Waals surface area (Å²) in [5.74, 6) is 1.74. The number of methoxy groups -OCH3 is 2. The van der Waals surface area contributed by atoms with Crippen molar-refractivity contribution < 1.29 is 113 Å². The molecule has 63 heavy (non-hydrogen) atoms. The van der Waals surface area contributed by atoms with Crippen LogP contribution in [0.5, 0.6) is 23.0 Å². The number of amides is 2. The molecule has 0 saturated heterocycles. The Morgan fingerprint density at radius 1 is 0.714 bits per heavy atom. The predicted molar refractivity (Wildman–Crippen MR) is 224 cm³/mol. The van der Waals surface area contributed by atoms with Gasteiger partial charge in [-0.2, -0.15) is 6.42 Å². The third-order valence-corrected chi connectivity index (χ3v) is 12.6. The summed E-state index contributed by atoms with van der Waals surface area (Å²) in [6, 6.07) is 21.8. The maximum Gasteiger partial charge on any atom is 1.00 e. The second-order valence-corrected chi connectivity index (χ2v) is 17.2. The van der Waals surface area contributed by atoms with E-state index in [1.54, 1.807) is 50.8 Å². The smallest absolute Gasteiger partial charge is 0.748 e. The standard InChI is InChI=1S/C45H45N2O9S.2Na.O3S/c1-27-6-8-29(9-7-27)33-19-35-13-10-31-21-42(41(54-4)24-38(31)44(48)46(35)25-33)56-17-5-16-55-40-22-32-23-43(57(50,51)52)39-20-34(30-11-14-36(53-3)15-12-30)26-47(39)45(49)37(32)18-28(40)2;;;1-4(2)3/h6-9,11-15,18,21-22,24-26,35,39,43H,5,10,16-17,19-20,23H2,1-4H3,(H,50,51,52);;;/q-1;2*+1;/p-1/t35-,39+,43?;;;/m1.../s1. The maximum atomic E-state index is 13.9. The molecule has 4 aliphatic rings. The Morgan fingerprint density at radius 2 is 1.27 bits per heavy atom. The topological polar surface area (TPSA) is 186 Å². The number of hydrogen-bond donors (Lipinski definition) is 0. The van der Waals surface area contributed by atoms with Gasteiger partial charge in [0.2, 0.25) is 0 Å². The number of fused-ring (bicyclic) bond motifs is 4. The number of aryl methyl sites for hydroxylation is 2. The molecule has 2 amide bonds. The summed E-state index contributed by atoms with van der Waals surface area (Å²) in [5, 5.41) is -1.34. The average molecular weight is 915 g/mol. The van der Waals surface area contributed by atoms with Crippen molar-refractivity contribution in [2.75, 3.05) is 27.4 Å². The third-order valence-electron chi connectivity index (χ3n) is 11.4. The molecule has 4 aromatic rings. The van der Waals surface area contributed by atoms with Crippen LogP contribution < -0.4 is 78.1 Å². The van der Waals surface area contributed by atoms with Crippen LogP contribution in [0.4, 0.5) is 0 Å². The van der Waals surface area contributed by atoms with Crippen LogP contribution >= 0.6 is 0 Å². The van der Waals surface area contributed by atoms with Crippen molar-refractivity contribution in [1.29, 1.82) is 0 Å². The molecule has 4 heterocycles. The maximum absolute atomic E-state index is 13.9. The Bertz CT molecular complexity index is 2650. The van der Waals surface area contributed by atoms with Crippen LogP contribution in [0, 0.1) is 20.3 Å². The normalized spacial score (nSPS) is 18.5. The van der Waals surface area contributed by atoms with Gasteiger partial charge in [0, 0.05) is 29.9 Å². The van der Waals surface area contributed by atoms with Gasteiger partial charge >= 0.3 is 69.7 Å². The molecule has 320 valence electrons. The molecule has 14 nitrogen and oxygen atoms in total. The molecule has 0 aliphatic carbocycles. The van der Waals surface area contributed by atoms with Crippen LogP contribution in [0.1, 0.15) is 73.4 Å². The van der Waals surface area contributed by atoms with Crippen molar-refractivity contribution in [2.45, 2.75) is 63.3 Å². The van der Waals surface area contributed by atoms with Crippen molar-refractivity contribution in [3.63, 3.8) is 0 Å². The van der Waals surface area contributed by atoms with E-state index < -0.39 is 32.0 Å². The zero-order chi connectivity index (χ0) is 43.6. The SMILES string of the molecule is COc1ccc(C2=CN3C(=O)c4cc(C)c(OCCCOc5cc6c(cc5OC)C(=O)N5C=C(c7ccc(C)cc7)C[C@H]5[CH-]C6)cc4CC(S(=O)(=O)[O-])[C@@H]3C2)cc1.O=S(=O)=O.[Na+].[Na+]. The molecule has 4 aromatic carbocycles. The minimum Gasteiger partial charge on any atom is -0.748 e. The first kappa shape index (κ1) is 50.0. The van der Waals surface area contributed by atoms with Crippen LogP contribution in [0.2, 0.25) is 0 Å². The average Bonchev–Trinajstić information content (AvgIpc) is 3.81. The molecular formula is C45H44N2Na2O12S2. The number of rotatable bonds is 11. The molecule has 1 unspecified atom stereocenters. The number of carbonyl (C=O) groups excluding carboxylic acids is 2. The van der Waals surface area contributed by atoms with Crippen molar-refractivity contribution >= 4 is 43.7 Å². The van der Waals surface area contributed by atoms with Crippen LogP contribution in [0.25, 0.3) is 11.1 Å². The Balaban J connectivity index is 0.00000120. The summed E-state index contributed by atoms with van der Waals surface area (Å²) in [6.45, 7) is 4.45. The van der Waals surface area contributed by atoms with E-state index in [0.29, 0.717) is 64.7 Å². The monoisotopic (exact) mass is 914 g/mol. The Hall–Kier alpha value is -3.97. The molecule has 0 N–H and O–H groups in total. The van der Waals surface area contributed by atoms with E-state index in [-0.39, 0.29) is 96.4 Å². The largest absolute Gasteiger partial charge is 1.00 e. The van der Waals surface area contributed by atoms with Crippen molar-refractivity contribution in [3.8, 4) is 23.0 Å². The fourth-order valence-electron chi connectivity index (χ4n) is 8.27. The quantitative estimate of drug-likeness (QED) is 0.0845. The molecule has 4 aliphatic heterocycles. The Kier molecular flexibility index (Phi) is 17.0. The molecule has 0 radical (unpaired) electrons. The molecule has 3 atom stereocenters. The number of benzene rings is 4. The van der Waals surface area contributed by atoms with E-state index in [4.69, 9.17) is 31.6 Å². The van der Waals surface area contributed by atoms with Gasteiger partial charge in [-0.25, -0.2) is 8.42 Å². The first-order valence-electron chi connectivity index (χ1n) is 19.6. The molecule has 0 spiro atoms. The van der Waals surface area contributed by atoms with E-state index in [2.05, 4.69) is 37.6 Å². The van der Waals surface area contributed by atoms with Gasteiger partial charge in [0.25, 0.3) is 11.8 Å². The first-order chi connectivity index (χ1) is 29.1. The summed E-state index contributed by atoms with van der Waals surface area (Å²) in [5.41, 5.74) is 8.00. The predicted octanol–water partition coefficient (Wildman–Crippen LogP) is -0.0861. The van der Waals surface area contributed by atoms with Gasteiger partial charge in [0.15, 0.2) is 11.5 Å². The van der Waals surface area contributed by atoms with Crippen molar-refractivity contribution in [1.82, 2.24) is 9.80 Å². The summed E-state index contributed by atoms with van der Waals surface area (Å²) in [6.07, 6.45) is 7.78. The second-order valence-electron chi connectivity index (χ2n) is 15.2. The summed E-state index contributed by atoms with van der Waals surface area (Å²) in [7, 11) is -4.78. The van der Waals surface area contributed by atoms with Crippen molar-refractivity contribution in [3.05, 3.63) is 136 Å². The van der Waals surface area contributed by atoms with Crippen LogP contribution in [0.15, 0.2) is 85.2 Å². The first-order valence-corrected chi connectivity index (χ1v) is 22.0. The summed E-state index contributed by atoms with van der Waals surface area (Å²) >= 11 is 0. The minimum atomic E-state index is -4.78. The molecule has 0 saturated carbocycles. The molecule has 0 bridgehead atoms. The fraction of sp³-hybridized carbons (Fsp3) is 0.311. The second kappa shape index (κ2) is 21.3. The van der Waals surface area contributed by atoms with E-state index in [1.165, 1.54) is 10.5 Å². The van der Waals surface area contributed by atoms with Gasteiger partial charge in [-0.15, -0.1) is 12.6 Å². The van der Waals surface area contributed by atoms with Gasteiger partial charge in [0.05, 0.1) is 48.8 Å². The molecule has 0 aromatic heterocycles. The van der Waals surface area contributed by atoms with Gasteiger partial charge in [0.1, 0.15) is 11.5 Å². The van der Waals surface area contributed by atoms with Crippen LogP contribution in [-0.4, -0.2) is 92.0 Å². The van der Waals surface area contributed by atoms with E-state index in [0.717, 1.165) is 34.3 Å². The summed E-state index contributed by atoms with van der Waals surface area (Å²) in [4.78, 5) is 31.0. The van der Waals surface area contributed by atoms with Crippen LogP contribution in [0.3, 0.4) is 0 Å². The fourth-order valence-corrected chi connectivity index (χ4v) is 9.27. The van der Waals surface area contributed by atoms with Crippen molar-refractivity contribution in [2.24, 2.45) is 0 Å². The molecule has 18 heteroatoms. The van der Waals surface area contributed by atoms with E-state index in [1.807, 2.05) is 36.2 Å². The minimum absolute atomic E-state index is 0. The van der Waals surface area contributed by atoms with Gasteiger partial charge in [-0.05, 0) is 103 Å². The Labute approximate surface area is 413 Å².